The number of aromatic nitrogens is 1. The van der Waals surface area contributed by atoms with Gasteiger partial charge in [0.2, 0.25) is 0 Å². The Morgan fingerprint density at radius 2 is 2.36 bits per heavy atom. The monoisotopic (exact) mass is 260 g/mol. The summed E-state index contributed by atoms with van der Waals surface area (Å²) < 4.78 is 0.343. The summed E-state index contributed by atoms with van der Waals surface area (Å²) in [6.45, 7) is 0. The molecule has 5 nitrogen and oxygen atoms in total. The number of carboxylic acid groups (broad SMARTS) is 1. The van der Waals surface area contributed by atoms with E-state index in [1.165, 1.54) is 12.3 Å². The fourth-order valence-electron chi connectivity index (χ4n) is 0.991. The molecule has 1 aromatic rings. The van der Waals surface area contributed by atoms with Crippen LogP contribution in [0, 0.1) is 0 Å². The Labute approximate surface area is 88.1 Å². The highest BCUT2D eigenvalue weighted by Gasteiger charge is 2.11. The van der Waals surface area contributed by atoms with Crippen LogP contribution < -0.4 is 11.3 Å². The Hall–Kier alpha value is -1.14. The number of hydrogen-bond acceptors (Lipinski definition) is 3. The molecule has 1 atom stereocenters. The largest absolute Gasteiger partial charge is 0.481 e. The van der Waals surface area contributed by atoms with Crippen LogP contribution in [0.3, 0.4) is 0 Å². The van der Waals surface area contributed by atoms with Gasteiger partial charge < -0.3 is 15.8 Å². The molecule has 0 radical (unpaired) electrons. The number of nitrogens with two attached hydrogens (primary N) is 1. The summed E-state index contributed by atoms with van der Waals surface area (Å²) in [6, 6.07) is 0.910. The number of H-pyrrole nitrogens is 1. The van der Waals surface area contributed by atoms with Gasteiger partial charge in [-0.1, -0.05) is 0 Å². The van der Waals surface area contributed by atoms with Crippen LogP contribution in [0.4, 0.5) is 0 Å². The van der Waals surface area contributed by atoms with Crippen molar-refractivity contribution < 1.29 is 9.90 Å². The van der Waals surface area contributed by atoms with Crippen LogP contribution in [0.2, 0.25) is 0 Å². The Balaban J connectivity index is 2.91. The summed E-state index contributed by atoms with van der Waals surface area (Å²) in [6.07, 6.45) is 1.25. The van der Waals surface area contributed by atoms with Gasteiger partial charge in [0.05, 0.1) is 10.9 Å². The van der Waals surface area contributed by atoms with Crippen molar-refractivity contribution in [2.75, 3.05) is 0 Å². The molecule has 0 aromatic carbocycles. The number of rotatable bonds is 3. The summed E-state index contributed by atoms with van der Waals surface area (Å²) in [4.78, 5) is 23.8. The van der Waals surface area contributed by atoms with E-state index in [4.69, 9.17) is 10.8 Å². The van der Waals surface area contributed by atoms with Crippen LogP contribution >= 0.6 is 15.9 Å². The van der Waals surface area contributed by atoms with Crippen LogP contribution in [0.15, 0.2) is 21.5 Å². The number of carboxylic acids is 1. The van der Waals surface area contributed by atoms with E-state index in [1.54, 1.807) is 0 Å². The molecule has 14 heavy (non-hydrogen) atoms. The number of halogens is 1. The van der Waals surface area contributed by atoms with E-state index in [0.717, 1.165) is 0 Å². The second-order valence-corrected chi connectivity index (χ2v) is 3.67. The molecule has 76 valence electrons. The van der Waals surface area contributed by atoms with Crippen LogP contribution in [0.5, 0.6) is 0 Å². The lowest BCUT2D eigenvalue weighted by molar-refractivity contribution is -0.137. The third-order valence-electron chi connectivity index (χ3n) is 1.70. The van der Waals surface area contributed by atoms with E-state index in [-0.39, 0.29) is 12.0 Å². The number of nitrogens with one attached hydrogen (secondary N) is 1. The molecule has 1 aromatic heterocycles. The molecule has 6 heteroatoms. The highest BCUT2D eigenvalue weighted by molar-refractivity contribution is 9.10. The predicted molar refractivity (Wildman–Crippen MR) is 53.9 cm³/mol. The molecule has 0 amide bonds. The number of carbonyl (C=O) groups is 1. The molecular formula is C8H9BrN2O3. The summed E-state index contributed by atoms with van der Waals surface area (Å²) in [5.41, 5.74) is 5.91. The van der Waals surface area contributed by atoms with Gasteiger partial charge in [-0.05, 0) is 27.6 Å². The lowest BCUT2D eigenvalue weighted by atomic mass is 10.1. The van der Waals surface area contributed by atoms with Crippen LogP contribution in [0.25, 0.3) is 0 Å². The lowest BCUT2D eigenvalue weighted by Gasteiger charge is -2.08. The quantitative estimate of drug-likeness (QED) is 0.742. The van der Waals surface area contributed by atoms with E-state index in [9.17, 15) is 9.59 Å². The van der Waals surface area contributed by atoms with Gasteiger partial charge in [-0.15, -0.1) is 0 Å². The molecule has 0 unspecified atom stereocenters. The van der Waals surface area contributed by atoms with Crippen molar-refractivity contribution in [3.05, 3.63) is 32.7 Å². The Morgan fingerprint density at radius 3 is 2.86 bits per heavy atom. The van der Waals surface area contributed by atoms with E-state index in [1.807, 2.05) is 0 Å². The van der Waals surface area contributed by atoms with Crippen molar-refractivity contribution in [3.8, 4) is 0 Å². The molecule has 0 saturated carbocycles. The summed E-state index contributed by atoms with van der Waals surface area (Å²) in [5.74, 6) is -0.972. The topological polar surface area (TPSA) is 96.2 Å². The highest BCUT2D eigenvalue weighted by atomic mass is 79.9. The maximum Gasteiger partial charge on any atom is 0.305 e. The molecule has 0 fully saturated rings. The van der Waals surface area contributed by atoms with Gasteiger partial charge in [0.15, 0.2) is 0 Å². The van der Waals surface area contributed by atoms with Crippen LogP contribution in [-0.2, 0) is 4.79 Å². The van der Waals surface area contributed by atoms with Crippen molar-refractivity contribution in [3.63, 3.8) is 0 Å². The minimum Gasteiger partial charge on any atom is -0.481 e. The van der Waals surface area contributed by atoms with Gasteiger partial charge in [0.1, 0.15) is 0 Å². The predicted octanol–water partition coefficient (Wildman–Crippen LogP) is 0.612. The van der Waals surface area contributed by atoms with Crippen molar-refractivity contribution in [2.24, 2.45) is 5.73 Å². The first-order valence-electron chi connectivity index (χ1n) is 3.86. The molecule has 0 spiro atoms. The second-order valence-electron chi connectivity index (χ2n) is 2.81. The average Bonchev–Trinajstić information content (AvgIpc) is 2.08. The number of aliphatic carboxylic acids is 1. The smallest absolute Gasteiger partial charge is 0.305 e. The standard InChI is InChI=1S/C8H9BrN2O3/c9-5-1-4(3-11-8(5)14)6(10)2-7(12)13/h1,3,6H,2,10H2,(H,11,14)(H,12,13)/t6-/m0/s1. The van der Waals surface area contributed by atoms with Gasteiger partial charge in [-0.25, -0.2) is 0 Å². The molecule has 0 aliphatic rings. The molecule has 4 N–H and O–H groups in total. The van der Waals surface area contributed by atoms with Gasteiger partial charge in [-0.2, -0.15) is 0 Å². The summed E-state index contributed by atoms with van der Waals surface area (Å²) in [7, 11) is 0. The van der Waals surface area contributed by atoms with Crippen molar-refractivity contribution in [1.82, 2.24) is 4.98 Å². The minimum absolute atomic E-state index is 0.168. The molecule has 1 rings (SSSR count). The maximum atomic E-state index is 11.0. The maximum absolute atomic E-state index is 11.0. The van der Waals surface area contributed by atoms with E-state index in [0.29, 0.717) is 10.0 Å². The van der Waals surface area contributed by atoms with Crippen LogP contribution in [-0.4, -0.2) is 16.1 Å². The van der Waals surface area contributed by atoms with Gasteiger partial charge >= 0.3 is 5.97 Å². The molecule has 1 heterocycles. The molecule has 0 aliphatic carbocycles. The Bertz CT molecular complexity index is 402. The molecular weight excluding hydrogens is 252 g/mol. The average molecular weight is 261 g/mol. The van der Waals surface area contributed by atoms with Crippen molar-refractivity contribution in [1.29, 1.82) is 0 Å². The molecule has 0 bridgehead atoms. The van der Waals surface area contributed by atoms with Crippen molar-refractivity contribution >= 4 is 21.9 Å². The van der Waals surface area contributed by atoms with Gasteiger partial charge in [0, 0.05) is 12.2 Å². The highest BCUT2D eigenvalue weighted by Crippen LogP contribution is 2.14. The third-order valence-corrected chi connectivity index (χ3v) is 2.29. The first-order chi connectivity index (χ1) is 6.50. The second kappa shape index (κ2) is 4.39. The summed E-state index contributed by atoms with van der Waals surface area (Å²) in [5, 5.41) is 8.51. The molecule has 0 aliphatic heterocycles. The lowest BCUT2D eigenvalue weighted by Crippen LogP contribution is -2.17. The van der Waals surface area contributed by atoms with E-state index in [2.05, 4.69) is 20.9 Å². The first-order valence-corrected chi connectivity index (χ1v) is 4.65. The van der Waals surface area contributed by atoms with Crippen molar-refractivity contribution in [2.45, 2.75) is 12.5 Å². The zero-order valence-corrected chi connectivity index (χ0v) is 8.74. The summed E-state index contributed by atoms with van der Waals surface area (Å²) >= 11 is 3.03. The zero-order valence-electron chi connectivity index (χ0n) is 7.16. The molecule has 0 saturated heterocycles. The third kappa shape index (κ3) is 2.68. The number of hydrogen-bond donors (Lipinski definition) is 3. The first kappa shape index (κ1) is 10.9. The van der Waals surface area contributed by atoms with Gasteiger partial charge in [0.25, 0.3) is 5.56 Å². The zero-order chi connectivity index (χ0) is 10.7. The normalized spacial score (nSPS) is 12.4. The number of aromatic amines is 1. The van der Waals surface area contributed by atoms with Crippen LogP contribution in [0.1, 0.15) is 18.0 Å². The SMILES string of the molecule is N[C@@H](CC(=O)O)c1c[nH]c(=O)c(Br)c1. The van der Waals surface area contributed by atoms with Gasteiger partial charge in [-0.3, -0.25) is 9.59 Å². The Kier molecular flexibility index (Phi) is 3.43. The fourth-order valence-corrected chi connectivity index (χ4v) is 1.37. The van der Waals surface area contributed by atoms with E-state index >= 15 is 0 Å². The number of pyridine rings is 1. The van der Waals surface area contributed by atoms with E-state index < -0.39 is 12.0 Å². The Morgan fingerprint density at radius 1 is 1.71 bits per heavy atom. The minimum atomic E-state index is -0.972. The fraction of sp³-hybridized carbons (Fsp3) is 0.250.